The molecular weight excluding hydrogens is 338 g/mol. The Balaban J connectivity index is 1.33. The van der Waals surface area contributed by atoms with Gasteiger partial charge in [0.1, 0.15) is 11.6 Å². The zero-order valence-corrected chi connectivity index (χ0v) is 15.4. The van der Waals surface area contributed by atoms with Gasteiger partial charge in [-0.1, -0.05) is 30.3 Å². The van der Waals surface area contributed by atoms with Crippen molar-refractivity contribution in [2.75, 3.05) is 11.9 Å². The number of aryl methyl sites for hydroxylation is 2. The number of carbonyl (C=O) groups is 1. The molecule has 2 amide bonds. The van der Waals surface area contributed by atoms with Crippen LogP contribution in [-0.4, -0.2) is 27.1 Å². The molecule has 6 nitrogen and oxygen atoms in total. The van der Waals surface area contributed by atoms with Crippen LogP contribution in [0.3, 0.4) is 0 Å². The number of amides is 2. The van der Waals surface area contributed by atoms with Gasteiger partial charge in [-0.3, -0.25) is 5.32 Å². The lowest BCUT2D eigenvalue weighted by Crippen LogP contribution is -2.36. The first-order chi connectivity index (χ1) is 13.2. The fourth-order valence-corrected chi connectivity index (χ4v) is 3.55. The topological polar surface area (TPSA) is 71.8 Å². The van der Waals surface area contributed by atoms with Crippen molar-refractivity contribution < 1.29 is 4.79 Å². The molecule has 1 unspecified atom stereocenters. The quantitative estimate of drug-likeness (QED) is 0.745. The van der Waals surface area contributed by atoms with Crippen molar-refractivity contribution in [1.82, 2.24) is 19.9 Å². The normalized spacial score (nSPS) is 15.8. The molecule has 0 radical (unpaired) electrons. The number of hydrogen-bond acceptors (Lipinski definition) is 3. The Bertz CT molecular complexity index is 935. The summed E-state index contributed by atoms with van der Waals surface area (Å²) in [6.07, 6.45) is 5.84. The smallest absolute Gasteiger partial charge is 0.320 e. The summed E-state index contributed by atoms with van der Waals surface area (Å²) >= 11 is 0. The van der Waals surface area contributed by atoms with E-state index in [2.05, 4.69) is 37.3 Å². The molecule has 1 aromatic carbocycles. The van der Waals surface area contributed by atoms with E-state index in [0.29, 0.717) is 18.3 Å². The summed E-state index contributed by atoms with van der Waals surface area (Å²) in [6, 6.07) is 13.7. The van der Waals surface area contributed by atoms with Gasteiger partial charge in [0.25, 0.3) is 0 Å². The summed E-state index contributed by atoms with van der Waals surface area (Å²) < 4.78 is 2.17. The number of nitrogens with zero attached hydrogens (tertiary/aromatic N) is 3. The Kier molecular flexibility index (Phi) is 4.87. The second kappa shape index (κ2) is 7.61. The molecular formula is C21H23N5O. The van der Waals surface area contributed by atoms with E-state index in [1.165, 1.54) is 0 Å². The van der Waals surface area contributed by atoms with Crippen molar-refractivity contribution in [3.63, 3.8) is 0 Å². The molecule has 1 aliphatic rings. The zero-order valence-electron chi connectivity index (χ0n) is 15.4. The summed E-state index contributed by atoms with van der Waals surface area (Å²) in [5.41, 5.74) is 3.08. The number of urea groups is 1. The number of aromatic nitrogens is 3. The van der Waals surface area contributed by atoms with Gasteiger partial charge in [0.15, 0.2) is 0 Å². The first-order valence-corrected chi connectivity index (χ1v) is 9.27. The van der Waals surface area contributed by atoms with Crippen LogP contribution in [0, 0.1) is 12.8 Å². The molecule has 0 spiro atoms. The van der Waals surface area contributed by atoms with Gasteiger partial charge in [-0.15, -0.1) is 0 Å². The molecule has 0 aliphatic carbocycles. The van der Waals surface area contributed by atoms with Gasteiger partial charge in [-0.25, -0.2) is 14.8 Å². The van der Waals surface area contributed by atoms with Crippen molar-refractivity contribution in [2.45, 2.75) is 26.3 Å². The average molecular weight is 361 g/mol. The van der Waals surface area contributed by atoms with Gasteiger partial charge < -0.3 is 9.88 Å². The van der Waals surface area contributed by atoms with Crippen LogP contribution in [0.15, 0.2) is 54.9 Å². The van der Waals surface area contributed by atoms with Crippen LogP contribution in [0.2, 0.25) is 0 Å². The van der Waals surface area contributed by atoms with E-state index in [1.807, 2.05) is 49.6 Å². The van der Waals surface area contributed by atoms with Crippen LogP contribution in [0.4, 0.5) is 10.6 Å². The summed E-state index contributed by atoms with van der Waals surface area (Å²) in [4.78, 5) is 21.1. The molecule has 3 aromatic rings. The largest absolute Gasteiger partial charge is 0.337 e. The summed E-state index contributed by atoms with van der Waals surface area (Å²) in [6.45, 7) is 3.50. The number of pyridine rings is 1. The fourth-order valence-electron chi connectivity index (χ4n) is 3.55. The van der Waals surface area contributed by atoms with Gasteiger partial charge >= 0.3 is 6.03 Å². The highest BCUT2D eigenvalue weighted by Crippen LogP contribution is 2.23. The molecule has 138 valence electrons. The number of benzene rings is 1. The lowest BCUT2D eigenvalue weighted by molar-refractivity contribution is 0.247. The molecule has 1 atom stereocenters. The average Bonchev–Trinajstić information content (AvgIpc) is 3.15. The van der Waals surface area contributed by atoms with Gasteiger partial charge in [0.2, 0.25) is 0 Å². The zero-order chi connectivity index (χ0) is 18.6. The third-order valence-electron chi connectivity index (χ3n) is 5.00. The van der Waals surface area contributed by atoms with Gasteiger partial charge in [-0.2, -0.15) is 0 Å². The third kappa shape index (κ3) is 4.00. The molecule has 2 aromatic heterocycles. The Labute approximate surface area is 158 Å². The molecule has 1 aliphatic heterocycles. The Hall–Kier alpha value is -3.15. The summed E-state index contributed by atoms with van der Waals surface area (Å²) in [7, 11) is 0. The maximum atomic E-state index is 12.2. The molecule has 0 fully saturated rings. The van der Waals surface area contributed by atoms with E-state index in [0.717, 1.165) is 42.0 Å². The first-order valence-electron chi connectivity index (χ1n) is 9.27. The standard InChI is InChI=1S/C21H23N5O/c1-15-18(17-5-3-2-4-6-17)8-9-19(24-15)25-21(27)23-13-16-7-10-20-22-11-12-26(20)14-16/h2-6,8-9,11-12,16H,7,10,13-14H2,1H3,(H2,23,24,25,27). The van der Waals surface area contributed by atoms with Crippen molar-refractivity contribution >= 4 is 11.8 Å². The van der Waals surface area contributed by atoms with Gasteiger partial charge in [0.05, 0.1) is 0 Å². The number of hydrogen-bond donors (Lipinski definition) is 2. The van der Waals surface area contributed by atoms with Crippen molar-refractivity contribution in [3.05, 3.63) is 66.4 Å². The molecule has 3 heterocycles. The van der Waals surface area contributed by atoms with Crippen LogP contribution in [0.5, 0.6) is 0 Å². The molecule has 27 heavy (non-hydrogen) atoms. The van der Waals surface area contributed by atoms with Gasteiger partial charge in [0, 0.05) is 43.2 Å². The lowest BCUT2D eigenvalue weighted by atomic mass is 9.99. The number of carbonyl (C=O) groups excluding carboxylic acids is 1. The van der Waals surface area contributed by atoms with Crippen LogP contribution in [0.1, 0.15) is 17.9 Å². The Morgan fingerprint density at radius 3 is 2.89 bits per heavy atom. The third-order valence-corrected chi connectivity index (χ3v) is 5.00. The molecule has 0 saturated heterocycles. The van der Waals surface area contributed by atoms with Crippen LogP contribution in [-0.2, 0) is 13.0 Å². The van der Waals surface area contributed by atoms with E-state index in [9.17, 15) is 4.79 Å². The van der Waals surface area contributed by atoms with Crippen LogP contribution >= 0.6 is 0 Å². The minimum absolute atomic E-state index is 0.217. The van der Waals surface area contributed by atoms with Crippen LogP contribution in [0.25, 0.3) is 11.1 Å². The maximum absolute atomic E-state index is 12.2. The van der Waals surface area contributed by atoms with E-state index >= 15 is 0 Å². The fraction of sp³-hybridized carbons (Fsp3) is 0.286. The van der Waals surface area contributed by atoms with Crippen LogP contribution < -0.4 is 10.6 Å². The highest BCUT2D eigenvalue weighted by Gasteiger charge is 2.19. The van der Waals surface area contributed by atoms with E-state index in [-0.39, 0.29) is 6.03 Å². The summed E-state index contributed by atoms with van der Waals surface area (Å²) in [5.74, 6) is 2.12. The highest BCUT2D eigenvalue weighted by atomic mass is 16.2. The van der Waals surface area contributed by atoms with Crippen molar-refractivity contribution in [3.8, 4) is 11.1 Å². The van der Waals surface area contributed by atoms with Crippen molar-refractivity contribution in [2.24, 2.45) is 5.92 Å². The van der Waals surface area contributed by atoms with E-state index in [4.69, 9.17) is 0 Å². The first kappa shape index (κ1) is 17.3. The highest BCUT2D eigenvalue weighted by molar-refractivity contribution is 5.88. The Morgan fingerprint density at radius 1 is 1.22 bits per heavy atom. The van der Waals surface area contributed by atoms with E-state index < -0.39 is 0 Å². The second-order valence-corrected chi connectivity index (χ2v) is 6.93. The number of rotatable bonds is 4. The van der Waals surface area contributed by atoms with E-state index in [1.54, 1.807) is 0 Å². The molecule has 0 saturated carbocycles. The predicted octanol–water partition coefficient (Wildman–Crippen LogP) is 3.64. The lowest BCUT2D eigenvalue weighted by Gasteiger charge is -2.24. The number of anilines is 1. The molecule has 6 heteroatoms. The SMILES string of the molecule is Cc1nc(NC(=O)NCC2CCc3nccn3C2)ccc1-c1ccccc1. The van der Waals surface area contributed by atoms with Crippen molar-refractivity contribution in [1.29, 1.82) is 0 Å². The Morgan fingerprint density at radius 2 is 2.07 bits per heavy atom. The number of imidazole rings is 1. The van der Waals surface area contributed by atoms with Gasteiger partial charge in [-0.05, 0) is 37.0 Å². The monoisotopic (exact) mass is 361 g/mol. The molecule has 2 N–H and O–H groups in total. The molecule has 0 bridgehead atoms. The maximum Gasteiger partial charge on any atom is 0.320 e. The number of nitrogens with one attached hydrogen (secondary N) is 2. The second-order valence-electron chi connectivity index (χ2n) is 6.93. The number of fused-ring (bicyclic) bond motifs is 1. The molecule has 4 rings (SSSR count). The minimum atomic E-state index is -0.217. The predicted molar refractivity (Wildman–Crippen MR) is 105 cm³/mol. The summed E-state index contributed by atoms with van der Waals surface area (Å²) in [5, 5.41) is 5.80. The minimum Gasteiger partial charge on any atom is -0.337 e.